The normalized spacial score (nSPS) is 18.9. The third kappa shape index (κ3) is 2.82. The van der Waals surface area contributed by atoms with Crippen LogP contribution in [0.2, 0.25) is 0 Å². The maximum atomic E-state index is 15.3. The number of aromatic carboxylic acids is 1. The molecule has 1 atom stereocenters. The van der Waals surface area contributed by atoms with Gasteiger partial charge >= 0.3 is 5.97 Å². The van der Waals surface area contributed by atoms with Gasteiger partial charge in [0.05, 0.1) is 18.0 Å². The molecular weight excluding hydrogens is 393 g/mol. The Bertz CT molecular complexity index is 1200. The summed E-state index contributed by atoms with van der Waals surface area (Å²) in [6, 6.07) is 1.21. The van der Waals surface area contributed by atoms with Crippen molar-refractivity contribution in [2.45, 2.75) is 31.2 Å². The van der Waals surface area contributed by atoms with Gasteiger partial charge in [-0.2, -0.15) is 5.10 Å². The van der Waals surface area contributed by atoms with Crippen LogP contribution in [0.1, 0.15) is 47.4 Å². The Morgan fingerprint density at radius 3 is 2.80 bits per heavy atom. The molecule has 2 aliphatic rings. The molecule has 1 saturated heterocycles. The third-order valence-electron chi connectivity index (χ3n) is 5.88. The number of hydrogen-bond donors (Lipinski definition) is 2. The van der Waals surface area contributed by atoms with E-state index in [0.717, 1.165) is 25.3 Å². The predicted molar refractivity (Wildman–Crippen MR) is 106 cm³/mol. The number of halogens is 1. The molecule has 30 heavy (non-hydrogen) atoms. The molecule has 3 heterocycles. The van der Waals surface area contributed by atoms with Gasteiger partial charge in [0.1, 0.15) is 17.6 Å². The lowest BCUT2D eigenvalue weighted by Gasteiger charge is -2.24. The fourth-order valence-electron chi connectivity index (χ4n) is 4.31. The number of carboxylic acid groups (broad SMARTS) is 1. The van der Waals surface area contributed by atoms with Crippen molar-refractivity contribution in [3.05, 3.63) is 46.0 Å². The molecule has 9 nitrogen and oxygen atoms in total. The van der Waals surface area contributed by atoms with E-state index in [-0.39, 0.29) is 34.3 Å². The van der Waals surface area contributed by atoms with Crippen LogP contribution in [0, 0.1) is 5.82 Å². The van der Waals surface area contributed by atoms with Crippen LogP contribution >= 0.6 is 0 Å². The Morgan fingerprint density at radius 2 is 2.17 bits per heavy atom. The van der Waals surface area contributed by atoms with Crippen LogP contribution in [0.3, 0.4) is 0 Å². The van der Waals surface area contributed by atoms with Crippen molar-refractivity contribution in [2.24, 2.45) is 0 Å². The molecule has 2 N–H and O–H groups in total. The zero-order valence-electron chi connectivity index (χ0n) is 16.3. The SMILES string of the molecule is COc1c(N2CCC(c3nc[nH]n3)C2)c(F)cc2c(=O)c(C(=O)O)cn(C3CC3)c12. The van der Waals surface area contributed by atoms with Crippen LogP contribution in [0.15, 0.2) is 23.4 Å². The van der Waals surface area contributed by atoms with Gasteiger partial charge in [0.15, 0.2) is 17.4 Å². The Labute approximate surface area is 170 Å². The highest BCUT2D eigenvalue weighted by atomic mass is 19.1. The molecular formula is C20H20FN5O4. The van der Waals surface area contributed by atoms with Crippen molar-refractivity contribution in [1.82, 2.24) is 19.7 Å². The minimum Gasteiger partial charge on any atom is -0.492 e. The predicted octanol–water partition coefficient (Wildman–Crippen LogP) is 2.29. The van der Waals surface area contributed by atoms with Crippen molar-refractivity contribution in [3.63, 3.8) is 0 Å². The number of aromatic amines is 1. The van der Waals surface area contributed by atoms with E-state index in [0.29, 0.717) is 24.4 Å². The van der Waals surface area contributed by atoms with E-state index in [4.69, 9.17) is 4.74 Å². The number of rotatable bonds is 5. The van der Waals surface area contributed by atoms with Crippen molar-refractivity contribution < 1.29 is 19.0 Å². The van der Waals surface area contributed by atoms with Gasteiger partial charge in [-0.3, -0.25) is 9.89 Å². The lowest BCUT2D eigenvalue weighted by atomic mass is 10.1. The molecule has 1 aromatic carbocycles. The highest BCUT2D eigenvalue weighted by Crippen LogP contribution is 2.45. The minimum atomic E-state index is -1.33. The Hall–Kier alpha value is -3.43. The van der Waals surface area contributed by atoms with Gasteiger partial charge in [-0.1, -0.05) is 0 Å². The zero-order valence-corrected chi connectivity index (χ0v) is 16.3. The number of methoxy groups -OCH3 is 1. The largest absolute Gasteiger partial charge is 0.492 e. The first-order chi connectivity index (χ1) is 14.5. The number of hydrogen-bond acceptors (Lipinski definition) is 6. The van der Waals surface area contributed by atoms with Gasteiger partial charge in [-0.15, -0.1) is 0 Å². The number of benzene rings is 1. The van der Waals surface area contributed by atoms with E-state index in [1.807, 2.05) is 4.90 Å². The van der Waals surface area contributed by atoms with Gasteiger partial charge in [-0.05, 0) is 25.3 Å². The summed E-state index contributed by atoms with van der Waals surface area (Å²) in [5, 5.41) is 16.3. The number of pyridine rings is 1. The van der Waals surface area contributed by atoms with Crippen LogP contribution in [0.5, 0.6) is 5.75 Å². The molecule has 1 saturated carbocycles. The van der Waals surface area contributed by atoms with Gasteiger partial charge in [0.2, 0.25) is 5.43 Å². The van der Waals surface area contributed by atoms with Crippen LogP contribution in [-0.2, 0) is 0 Å². The van der Waals surface area contributed by atoms with Crippen LogP contribution < -0.4 is 15.1 Å². The summed E-state index contributed by atoms with van der Waals surface area (Å²) in [5.41, 5.74) is -0.361. The topological polar surface area (TPSA) is 113 Å². The fourth-order valence-corrected chi connectivity index (χ4v) is 4.31. The quantitative estimate of drug-likeness (QED) is 0.660. The molecule has 1 aliphatic carbocycles. The first-order valence-electron chi connectivity index (χ1n) is 9.78. The summed E-state index contributed by atoms with van der Waals surface area (Å²) >= 11 is 0. The van der Waals surface area contributed by atoms with E-state index in [2.05, 4.69) is 15.2 Å². The van der Waals surface area contributed by atoms with Crippen LogP contribution in [0.25, 0.3) is 10.9 Å². The van der Waals surface area contributed by atoms with E-state index in [9.17, 15) is 14.7 Å². The number of carbonyl (C=O) groups is 1. The summed E-state index contributed by atoms with van der Waals surface area (Å²) in [4.78, 5) is 30.4. The molecule has 0 amide bonds. The molecule has 2 fully saturated rings. The smallest absolute Gasteiger partial charge is 0.341 e. The summed E-state index contributed by atoms with van der Waals surface area (Å²) in [6.45, 7) is 1.09. The molecule has 5 rings (SSSR count). The molecule has 2 aromatic heterocycles. The summed E-state index contributed by atoms with van der Waals surface area (Å²) < 4.78 is 22.7. The van der Waals surface area contributed by atoms with Gasteiger partial charge in [0, 0.05) is 31.2 Å². The third-order valence-corrected chi connectivity index (χ3v) is 5.88. The van der Waals surface area contributed by atoms with E-state index >= 15 is 4.39 Å². The number of nitrogens with zero attached hydrogens (tertiary/aromatic N) is 4. The van der Waals surface area contributed by atoms with Crippen molar-refractivity contribution >= 4 is 22.6 Å². The number of carboxylic acids is 1. The van der Waals surface area contributed by atoms with Gasteiger partial charge in [-0.25, -0.2) is 14.2 Å². The second kappa shape index (κ2) is 6.82. The second-order valence-corrected chi connectivity index (χ2v) is 7.74. The average Bonchev–Trinajstić information content (AvgIpc) is 3.21. The number of ether oxygens (including phenoxy) is 1. The molecule has 0 bridgehead atoms. The highest BCUT2D eigenvalue weighted by Gasteiger charge is 2.34. The monoisotopic (exact) mass is 413 g/mol. The van der Waals surface area contributed by atoms with E-state index in [1.54, 1.807) is 4.57 Å². The molecule has 10 heteroatoms. The highest BCUT2D eigenvalue weighted by molar-refractivity contribution is 5.97. The van der Waals surface area contributed by atoms with Crippen LogP contribution in [0.4, 0.5) is 10.1 Å². The maximum Gasteiger partial charge on any atom is 0.341 e. The number of H-pyrrole nitrogens is 1. The number of anilines is 1. The molecule has 156 valence electrons. The van der Waals surface area contributed by atoms with Crippen molar-refractivity contribution in [1.29, 1.82) is 0 Å². The van der Waals surface area contributed by atoms with Crippen molar-refractivity contribution in [2.75, 3.05) is 25.1 Å². The minimum absolute atomic E-state index is 0.0182. The molecule has 1 aliphatic heterocycles. The van der Waals surface area contributed by atoms with Crippen molar-refractivity contribution in [3.8, 4) is 5.75 Å². The maximum absolute atomic E-state index is 15.3. The first kappa shape index (κ1) is 18.6. The van der Waals surface area contributed by atoms with Gasteiger partial charge < -0.3 is 19.3 Å². The standard InChI is InChI=1S/C20H20FN5O4/c1-30-18-15-12(17(27)13(20(28)29)8-26(15)11-2-3-11)6-14(21)16(18)25-5-4-10(7-25)19-22-9-23-24-19/h6,8-11H,2-5,7H2,1H3,(H,28,29)(H,22,23,24). The fraction of sp³-hybridized carbons (Fsp3) is 0.400. The summed E-state index contributed by atoms with van der Waals surface area (Å²) in [7, 11) is 1.44. The second-order valence-electron chi connectivity index (χ2n) is 7.74. The lowest BCUT2D eigenvalue weighted by molar-refractivity contribution is 0.0695. The Kier molecular flexibility index (Phi) is 4.23. The zero-order chi connectivity index (χ0) is 21.0. The molecule has 3 aromatic rings. The first-order valence-corrected chi connectivity index (χ1v) is 9.78. The van der Waals surface area contributed by atoms with E-state index < -0.39 is 17.2 Å². The van der Waals surface area contributed by atoms with Gasteiger partial charge in [0.25, 0.3) is 0 Å². The number of aromatic nitrogens is 4. The molecule has 0 radical (unpaired) electrons. The average molecular weight is 413 g/mol. The molecule has 0 spiro atoms. The Morgan fingerprint density at radius 1 is 1.37 bits per heavy atom. The summed E-state index contributed by atoms with van der Waals surface area (Å²) in [6.07, 6.45) is 5.36. The van der Waals surface area contributed by atoms with Crippen LogP contribution in [-0.4, -0.2) is 51.0 Å². The molecule has 1 unspecified atom stereocenters. The number of nitrogens with one attached hydrogen (secondary N) is 1. The van der Waals surface area contributed by atoms with E-state index in [1.165, 1.54) is 19.6 Å². The summed E-state index contributed by atoms with van der Waals surface area (Å²) in [5.74, 6) is -0.957. The number of fused-ring (bicyclic) bond motifs is 1. The lowest BCUT2D eigenvalue weighted by Crippen LogP contribution is -2.24. The Balaban J connectivity index is 1.69.